The minimum Gasteiger partial charge on any atom is -0.355 e. The van der Waals surface area contributed by atoms with Crippen molar-refractivity contribution in [2.75, 3.05) is 12.3 Å². The Morgan fingerprint density at radius 3 is 2.62 bits per heavy atom. The van der Waals surface area contributed by atoms with Gasteiger partial charge in [-0.25, -0.2) is 13.4 Å². The second-order valence-electron chi connectivity index (χ2n) is 4.37. The Morgan fingerprint density at radius 1 is 1.43 bits per heavy atom. The molecule has 0 aromatic carbocycles. The van der Waals surface area contributed by atoms with E-state index < -0.39 is 38.4 Å². The van der Waals surface area contributed by atoms with Crippen molar-refractivity contribution < 1.29 is 26.4 Å². The third-order valence-electron chi connectivity index (χ3n) is 2.36. The zero-order valence-electron chi connectivity index (χ0n) is 11.2. The molecule has 5 nitrogen and oxygen atoms in total. The maximum absolute atomic E-state index is 12.4. The highest BCUT2D eigenvalue weighted by atomic mass is 32.2. The van der Waals surface area contributed by atoms with E-state index in [2.05, 4.69) is 10.3 Å². The molecule has 21 heavy (non-hydrogen) atoms. The topological polar surface area (TPSA) is 76.1 Å². The van der Waals surface area contributed by atoms with Crippen LogP contribution in [0.15, 0.2) is 6.20 Å². The molecule has 1 rings (SSSR count). The molecule has 0 radical (unpaired) electrons. The summed E-state index contributed by atoms with van der Waals surface area (Å²) in [5, 5.41) is 1.35. The summed E-state index contributed by atoms with van der Waals surface area (Å²) < 4.78 is 60.5. The van der Waals surface area contributed by atoms with E-state index in [-0.39, 0.29) is 16.2 Å². The lowest BCUT2D eigenvalue weighted by Crippen LogP contribution is -2.31. The first-order chi connectivity index (χ1) is 9.64. The Morgan fingerprint density at radius 2 is 2.10 bits per heavy atom. The number of rotatable bonds is 7. The normalized spacial score (nSPS) is 12.4. The lowest BCUT2D eigenvalue weighted by molar-refractivity contribution is -0.137. The van der Waals surface area contributed by atoms with Crippen LogP contribution < -0.4 is 5.32 Å². The number of unbranched alkanes of at least 4 members (excludes halogenated alkanes) is 1. The lowest BCUT2D eigenvalue weighted by Gasteiger charge is -2.04. The quantitative estimate of drug-likeness (QED) is 0.768. The van der Waals surface area contributed by atoms with Crippen molar-refractivity contribution in [2.24, 2.45) is 0 Å². The van der Waals surface area contributed by atoms with Gasteiger partial charge in [0.25, 0.3) is 0 Å². The van der Waals surface area contributed by atoms with Gasteiger partial charge in [-0.1, -0.05) is 13.3 Å². The van der Waals surface area contributed by atoms with Gasteiger partial charge in [-0.15, -0.1) is 11.3 Å². The highest BCUT2D eigenvalue weighted by Gasteiger charge is 2.35. The van der Waals surface area contributed by atoms with Crippen LogP contribution in [0.4, 0.5) is 13.2 Å². The predicted octanol–water partition coefficient (Wildman–Crippen LogP) is 1.99. The number of alkyl halides is 3. The van der Waals surface area contributed by atoms with Crippen LogP contribution in [0.1, 0.15) is 29.7 Å². The molecule has 0 saturated carbocycles. The maximum atomic E-state index is 12.4. The number of nitrogens with zero attached hydrogens (tertiary/aromatic N) is 1. The van der Waals surface area contributed by atoms with E-state index in [1.165, 1.54) is 0 Å². The Labute approximate surface area is 124 Å². The average Bonchev–Trinajstić information content (AvgIpc) is 2.75. The van der Waals surface area contributed by atoms with Gasteiger partial charge in [0, 0.05) is 17.6 Å². The largest absolute Gasteiger partial charge is 0.443 e. The summed E-state index contributed by atoms with van der Waals surface area (Å²) in [4.78, 5) is 14.5. The fourth-order valence-electron chi connectivity index (χ4n) is 1.43. The Bertz CT molecular complexity index is 582. The van der Waals surface area contributed by atoms with Crippen molar-refractivity contribution in [1.82, 2.24) is 10.3 Å². The Kier molecular flexibility index (Phi) is 6.14. The van der Waals surface area contributed by atoms with Crippen molar-refractivity contribution in [3.8, 4) is 0 Å². The number of sulfone groups is 1. The molecule has 0 fully saturated rings. The van der Waals surface area contributed by atoms with E-state index in [9.17, 15) is 26.4 Å². The SMILES string of the molecule is CCCCNC(=O)CS(=O)(=O)Cc1cnc(C(F)(F)F)s1. The summed E-state index contributed by atoms with van der Waals surface area (Å²) in [6.45, 7) is 2.30. The number of hydrogen-bond acceptors (Lipinski definition) is 5. The minimum absolute atomic E-state index is 0.0383. The predicted molar refractivity (Wildman–Crippen MR) is 72.5 cm³/mol. The van der Waals surface area contributed by atoms with Gasteiger partial charge < -0.3 is 5.32 Å². The van der Waals surface area contributed by atoms with Crippen LogP contribution in [0.3, 0.4) is 0 Å². The summed E-state index contributed by atoms with van der Waals surface area (Å²) in [5.41, 5.74) is 0. The summed E-state index contributed by atoms with van der Waals surface area (Å²) in [7, 11) is -3.81. The first-order valence-electron chi connectivity index (χ1n) is 6.13. The van der Waals surface area contributed by atoms with E-state index in [1.807, 2.05) is 6.92 Å². The van der Waals surface area contributed by atoms with Gasteiger partial charge in [-0.05, 0) is 6.42 Å². The first-order valence-corrected chi connectivity index (χ1v) is 8.77. The molecular weight excluding hydrogens is 329 g/mol. The molecule has 1 aromatic heterocycles. The van der Waals surface area contributed by atoms with Crippen LogP contribution in [-0.2, 0) is 26.6 Å². The summed E-state index contributed by atoms with van der Waals surface area (Å²) in [6.07, 6.45) is -2.13. The number of aromatic nitrogens is 1. The number of nitrogens with one attached hydrogen (secondary N) is 1. The highest BCUT2D eigenvalue weighted by Crippen LogP contribution is 2.32. The number of thiazole rings is 1. The standard InChI is InChI=1S/C11H15F3N2O3S2/c1-2-3-4-15-9(17)7-21(18,19)6-8-5-16-10(20-8)11(12,13)14/h5H,2-4,6-7H2,1H3,(H,15,17). The number of hydrogen-bond donors (Lipinski definition) is 1. The molecular formula is C11H15F3N2O3S2. The summed E-state index contributed by atoms with van der Waals surface area (Å²) in [5.74, 6) is -2.01. The van der Waals surface area contributed by atoms with Crippen LogP contribution in [-0.4, -0.2) is 31.6 Å². The van der Waals surface area contributed by atoms with Crippen molar-refractivity contribution in [3.63, 3.8) is 0 Å². The molecule has 0 aliphatic carbocycles. The molecule has 0 spiro atoms. The third-order valence-corrected chi connectivity index (χ3v) is 5.04. The number of halogens is 3. The van der Waals surface area contributed by atoms with Crippen molar-refractivity contribution >= 4 is 27.1 Å². The molecule has 1 heterocycles. The van der Waals surface area contributed by atoms with Gasteiger partial charge >= 0.3 is 6.18 Å². The van der Waals surface area contributed by atoms with Crippen LogP contribution in [0, 0.1) is 0 Å². The zero-order valence-corrected chi connectivity index (χ0v) is 12.9. The fourth-order valence-corrected chi connectivity index (χ4v) is 3.89. The van der Waals surface area contributed by atoms with Crippen LogP contribution in [0.5, 0.6) is 0 Å². The lowest BCUT2D eigenvalue weighted by atomic mass is 10.3. The second kappa shape index (κ2) is 7.21. The average molecular weight is 344 g/mol. The first kappa shape index (κ1) is 17.9. The van der Waals surface area contributed by atoms with E-state index >= 15 is 0 Å². The second-order valence-corrected chi connectivity index (χ2v) is 7.54. The van der Waals surface area contributed by atoms with Gasteiger partial charge in [-0.2, -0.15) is 13.2 Å². The number of carbonyl (C=O) groups excluding carboxylic acids is 1. The molecule has 1 amide bonds. The van der Waals surface area contributed by atoms with Gasteiger partial charge in [0.1, 0.15) is 5.75 Å². The molecule has 0 bridgehead atoms. The maximum Gasteiger partial charge on any atom is 0.443 e. The molecule has 0 unspecified atom stereocenters. The number of amides is 1. The van der Waals surface area contributed by atoms with Crippen LogP contribution in [0.2, 0.25) is 0 Å². The van der Waals surface area contributed by atoms with Gasteiger partial charge in [-0.3, -0.25) is 4.79 Å². The van der Waals surface area contributed by atoms with E-state index in [1.54, 1.807) is 0 Å². The minimum atomic E-state index is -4.59. The highest BCUT2D eigenvalue weighted by molar-refractivity contribution is 7.91. The van der Waals surface area contributed by atoms with Crippen molar-refractivity contribution in [2.45, 2.75) is 31.7 Å². The number of carbonyl (C=O) groups is 1. The smallest absolute Gasteiger partial charge is 0.355 e. The van der Waals surface area contributed by atoms with E-state index in [0.717, 1.165) is 19.0 Å². The summed E-state index contributed by atoms with van der Waals surface area (Å²) >= 11 is 0.268. The van der Waals surface area contributed by atoms with Gasteiger partial charge in [0.2, 0.25) is 5.91 Å². The molecule has 10 heteroatoms. The monoisotopic (exact) mass is 344 g/mol. The zero-order chi connectivity index (χ0) is 16.1. The van der Waals surface area contributed by atoms with Crippen molar-refractivity contribution in [3.05, 3.63) is 16.1 Å². The molecule has 1 aromatic rings. The Hall–Kier alpha value is -1.16. The molecule has 0 aliphatic rings. The van der Waals surface area contributed by atoms with Crippen molar-refractivity contribution in [1.29, 1.82) is 0 Å². The molecule has 0 atom stereocenters. The van der Waals surface area contributed by atoms with E-state index in [4.69, 9.17) is 0 Å². The van der Waals surface area contributed by atoms with Gasteiger partial charge in [0.05, 0.1) is 5.75 Å². The summed E-state index contributed by atoms with van der Waals surface area (Å²) in [6, 6.07) is 0. The van der Waals surface area contributed by atoms with Gasteiger partial charge in [0.15, 0.2) is 14.8 Å². The molecule has 1 N–H and O–H groups in total. The molecule has 0 aliphatic heterocycles. The molecule has 0 saturated heterocycles. The fraction of sp³-hybridized carbons (Fsp3) is 0.636. The molecule has 120 valence electrons. The van der Waals surface area contributed by atoms with E-state index in [0.29, 0.717) is 6.54 Å². The third kappa shape index (κ3) is 6.42. The van der Waals surface area contributed by atoms with Crippen LogP contribution in [0.25, 0.3) is 0 Å². The Balaban J connectivity index is 2.60. The van der Waals surface area contributed by atoms with Crippen LogP contribution >= 0.6 is 11.3 Å².